The van der Waals surface area contributed by atoms with E-state index in [1.54, 1.807) is 13.8 Å². The molecule has 0 saturated carbocycles. The summed E-state index contributed by atoms with van der Waals surface area (Å²) in [6.45, 7) is 4.25. The smallest absolute Gasteiger partial charge is 0.393 e. The first-order valence-electron chi connectivity index (χ1n) is 5.83. The number of hydrogen-bond donors (Lipinski definition) is 1. The van der Waals surface area contributed by atoms with Crippen molar-refractivity contribution in [1.29, 1.82) is 0 Å². The van der Waals surface area contributed by atoms with Gasteiger partial charge in [-0.05, 0) is 19.1 Å². The molecule has 1 aromatic heterocycles. The second-order valence-electron chi connectivity index (χ2n) is 4.21. The summed E-state index contributed by atoms with van der Waals surface area (Å²) in [7, 11) is 0. The maximum Gasteiger partial charge on any atom is 0.419 e. The molecule has 3 nitrogen and oxygen atoms in total. The van der Waals surface area contributed by atoms with Gasteiger partial charge in [-0.1, -0.05) is 19.1 Å². The zero-order valence-electron chi connectivity index (χ0n) is 10.7. The number of aromatic nitrogens is 1. The molecule has 0 aromatic carbocycles. The molecule has 0 bridgehead atoms. The third kappa shape index (κ3) is 4.05. The van der Waals surface area contributed by atoms with Crippen molar-refractivity contribution in [3.63, 3.8) is 0 Å². The Hall–Kier alpha value is -1.37. The van der Waals surface area contributed by atoms with Crippen molar-refractivity contribution in [2.24, 2.45) is 11.7 Å². The number of halogens is 3. The molecular formula is C12H16F3N3S. The van der Waals surface area contributed by atoms with E-state index < -0.39 is 11.7 Å². The number of pyridine rings is 1. The highest BCUT2D eigenvalue weighted by molar-refractivity contribution is 7.80. The number of anilines is 1. The second-order valence-corrected chi connectivity index (χ2v) is 4.69. The molecule has 0 fully saturated rings. The lowest BCUT2D eigenvalue weighted by Crippen LogP contribution is -2.35. The van der Waals surface area contributed by atoms with Gasteiger partial charge >= 0.3 is 6.18 Å². The molecule has 0 saturated heterocycles. The number of alkyl halides is 3. The largest absolute Gasteiger partial charge is 0.419 e. The Kier molecular flexibility index (Phi) is 5.11. The van der Waals surface area contributed by atoms with Gasteiger partial charge in [0.2, 0.25) is 0 Å². The van der Waals surface area contributed by atoms with Crippen molar-refractivity contribution < 1.29 is 13.2 Å². The van der Waals surface area contributed by atoms with Gasteiger partial charge in [-0.3, -0.25) is 0 Å². The Morgan fingerprint density at radius 3 is 2.63 bits per heavy atom. The average Bonchev–Trinajstić information content (AvgIpc) is 2.34. The fraction of sp³-hybridized carbons (Fsp3) is 0.500. The zero-order chi connectivity index (χ0) is 14.6. The highest BCUT2D eigenvalue weighted by atomic mass is 32.1. The molecule has 106 valence electrons. The molecule has 1 unspecified atom stereocenters. The minimum Gasteiger partial charge on any atom is -0.393 e. The van der Waals surface area contributed by atoms with E-state index in [0.29, 0.717) is 13.1 Å². The summed E-state index contributed by atoms with van der Waals surface area (Å²) in [6, 6.07) is 2.30. The van der Waals surface area contributed by atoms with Crippen LogP contribution in [0.25, 0.3) is 0 Å². The van der Waals surface area contributed by atoms with Crippen molar-refractivity contribution in [3.8, 4) is 0 Å². The Morgan fingerprint density at radius 1 is 1.53 bits per heavy atom. The highest BCUT2D eigenvalue weighted by Gasteiger charge is 2.35. The predicted octanol–water partition coefficient (Wildman–Crippen LogP) is 2.85. The van der Waals surface area contributed by atoms with Crippen LogP contribution < -0.4 is 10.6 Å². The van der Waals surface area contributed by atoms with Gasteiger partial charge in [0.15, 0.2) is 0 Å². The van der Waals surface area contributed by atoms with E-state index in [2.05, 4.69) is 4.98 Å². The topological polar surface area (TPSA) is 42.1 Å². The quantitative estimate of drug-likeness (QED) is 0.847. The van der Waals surface area contributed by atoms with E-state index >= 15 is 0 Å². The normalized spacial score (nSPS) is 13.1. The van der Waals surface area contributed by atoms with E-state index in [-0.39, 0.29) is 16.7 Å². The van der Waals surface area contributed by atoms with E-state index in [1.165, 1.54) is 17.2 Å². The van der Waals surface area contributed by atoms with Crippen molar-refractivity contribution in [2.45, 2.75) is 20.0 Å². The number of thiocarbonyl (C=S) groups is 1. The fourth-order valence-electron chi connectivity index (χ4n) is 1.66. The summed E-state index contributed by atoms with van der Waals surface area (Å²) >= 11 is 4.85. The van der Waals surface area contributed by atoms with Gasteiger partial charge in [-0.15, -0.1) is 0 Å². The number of hydrogen-bond acceptors (Lipinski definition) is 3. The molecule has 0 radical (unpaired) electrons. The SMILES string of the molecule is CCN(CC(C)C(N)=S)c1ncccc1C(F)(F)F. The van der Waals surface area contributed by atoms with Crippen molar-refractivity contribution in [3.05, 3.63) is 23.9 Å². The lowest BCUT2D eigenvalue weighted by Gasteiger charge is -2.27. The van der Waals surface area contributed by atoms with Gasteiger partial charge in [-0.2, -0.15) is 13.2 Å². The average molecular weight is 291 g/mol. The van der Waals surface area contributed by atoms with Gasteiger partial charge in [0.25, 0.3) is 0 Å². The standard InChI is InChI=1S/C12H16F3N3S/c1-3-18(7-8(2)10(16)19)11-9(12(13,14)15)5-4-6-17-11/h4-6,8H,3,7H2,1-2H3,(H2,16,19). The van der Waals surface area contributed by atoms with Gasteiger partial charge in [0, 0.05) is 25.2 Å². The van der Waals surface area contributed by atoms with Crippen LogP contribution in [-0.2, 0) is 6.18 Å². The van der Waals surface area contributed by atoms with Crippen LogP contribution in [0.5, 0.6) is 0 Å². The number of nitrogens with zero attached hydrogens (tertiary/aromatic N) is 2. The lowest BCUT2D eigenvalue weighted by molar-refractivity contribution is -0.137. The van der Waals surface area contributed by atoms with Crippen LogP contribution in [0, 0.1) is 5.92 Å². The Labute approximate surface area is 115 Å². The second kappa shape index (κ2) is 6.18. The van der Waals surface area contributed by atoms with Gasteiger partial charge in [0.05, 0.1) is 10.6 Å². The van der Waals surface area contributed by atoms with Gasteiger partial charge < -0.3 is 10.6 Å². The van der Waals surface area contributed by atoms with Crippen LogP contribution in [0.1, 0.15) is 19.4 Å². The maximum absolute atomic E-state index is 12.9. The minimum atomic E-state index is -4.43. The molecule has 0 aliphatic carbocycles. The Morgan fingerprint density at radius 2 is 2.16 bits per heavy atom. The molecule has 0 spiro atoms. The molecule has 1 heterocycles. The van der Waals surface area contributed by atoms with Crippen molar-refractivity contribution in [2.75, 3.05) is 18.0 Å². The molecule has 0 aliphatic heterocycles. The Balaban J connectivity index is 3.09. The van der Waals surface area contributed by atoms with E-state index in [4.69, 9.17) is 18.0 Å². The van der Waals surface area contributed by atoms with Crippen LogP contribution in [0.15, 0.2) is 18.3 Å². The summed E-state index contributed by atoms with van der Waals surface area (Å²) < 4.78 is 38.8. The first-order valence-corrected chi connectivity index (χ1v) is 6.24. The van der Waals surface area contributed by atoms with E-state index in [0.717, 1.165) is 6.07 Å². The highest BCUT2D eigenvalue weighted by Crippen LogP contribution is 2.35. The molecular weight excluding hydrogens is 275 g/mol. The maximum atomic E-state index is 12.9. The lowest BCUT2D eigenvalue weighted by atomic mass is 10.1. The summed E-state index contributed by atoms with van der Waals surface area (Å²) in [5.41, 5.74) is 4.76. The summed E-state index contributed by atoms with van der Waals surface area (Å²) in [5.74, 6) is -0.265. The molecule has 19 heavy (non-hydrogen) atoms. The van der Waals surface area contributed by atoms with Gasteiger partial charge in [-0.25, -0.2) is 4.98 Å². The summed E-state index contributed by atoms with van der Waals surface area (Å²) in [6.07, 6.45) is -3.08. The summed E-state index contributed by atoms with van der Waals surface area (Å²) in [4.78, 5) is 5.67. The molecule has 7 heteroatoms. The van der Waals surface area contributed by atoms with Crippen LogP contribution in [0.4, 0.5) is 19.0 Å². The first kappa shape index (κ1) is 15.7. The molecule has 1 aromatic rings. The fourth-order valence-corrected chi connectivity index (χ4v) is 1.73. The monoisotopic (exact) mass is 291 g/mol. The molecule has 2 N–H and O–H groups in total. The zero-order valence-corrected chi connectivity index (χ0v) is 11.6. The molecule has 0 aliphatic rings. The molecule has 1 rings (SSSR count). The first-order chi connectivity index (χ1) is 8.77. The Bertz CT molecular complexity index is 448. The van der Waals surface area contributed by atoms with Crippen LogP contribution in [0.2, 0.25) is 0 Å². The summed E-state index contributed by atoms with van der Waals surface area (Å²) in [5, 5.41) is 0. The van der Waals surface area contributed by atoms with E-state index in [9.17, 15) is 13.2 Å². The van der Waals surface area contributed by atoms with Crippen LogP contribution in [0.3, 0.4) is 0 Å². The van der Waals surface area contributed by atoms with Gasteiger partial charge in [0.1, 0.15) is 5.82 Å². The number of nitrogens with two attached hydrogens (primary N) is 1. The van der Waals surface area contributed by atoms with Crippen LogP contribution in [-0.4, -0.2) is 23.1 Å². The van der Waals surface area contributed by atoms with E-state index in [1.807, 2.05) is 0 Å². The van der Waals surface area contributed by atoms with Crippen molar-refractivity contribution in [1.82, 2.24) is 4.98 Å². The third-order valence-corrected chi connectivity index (χ3v) is 3.16. The third-order valence-electron chi connectivity index (χ3n) is 2.75. The predicted molar refractivity (Wildman–Crippen MR) is 73.1 cm³/mol. The van der Waals surface area contributed by atoms with Crippen molar-refractivity contribution >= 4 is 23.0 Å². The van der Waals surface area contributed by atoms with Crippen LogP contribution >= 0.6 is 12.2 Å². The molecule has 1 atom stereocenters. The minimum absolute atomic E-state index is 0.0828. The number of rotatable bonds is 5. The molecule has 0 amide bonds.